The van der Waals surface area contributed by atoms with Gasteiger partial charge in [-0.1, -0.05) is 60.2 Å². The van der Waals surface area contributed by atoms with Crippen molar-refractivity contribution < 1.29 is 9.18 Å². The van der Waals surface area contributed by atoms with Crippen LogP contribution in [0.2, 0.25) is 0 Å². The smallest absolute Gasteiger partial charge is 0.231 e. The van der Waals surface area contributed by atoms with Crippen molar-refractivity contribution in [3.63, 3.8) is 0 Å². The van der Waals surface area contributed by atoms with Crippen LogP contribution in [0.15, 0.2) is 83.8 Å². The van der Waals surface area contributed by atoms with Crippen molar-refractivity contribution in [3.05, 3.63) is 101 Å². The Morgan fingerprint density at radius 2 is 1.54 bits per heavy atom. The van der Waals surface area contributed by atoms with Crippen LogP contribution in [-0.4, -0.2) is 11.7 Å². The molecule has 0 aliphatic heterocycles. The predicted octanol–water partition coefficient (Wildman–Crippen LogP) is 5.13. The van der Waals surface area contributed by atoms with E-state index in [2.05, 4.69) is 5.32 Å². The molecule has 3 rings (SSSR count). The average Bonchev–Trinajstić information content (AvgIpc) is 2.67. The lowest BCUT2D eigenvalue weighted by molar-refractivity contribution is -0.119. The van der Waals surface area contributed by atoms with Gasteiger partial charge in [-0.25, -0.2) is 4.39 Å². The van der Waals surface area contributed by atoms with Crippen molar-refractivity contribution in [2.45, 2.75) is 17.9 Å². The van der Waals surface area contributed by atoms with E-state index in [-0.39, 0.29) is 23.5 Å². The van der Waals surface area contributed by atoms with Crippen LogP contribution in [0.4, 0.5) is 4.39 Å². The number of nitrogens with one attached hydrogen (secondary N) is 1. The molecule has 0 aromatic heterocycles. The average molecular weight is 365 g/mol. The lowest BCUT2D eigenvalue weighted by Gasteiger charge is -2.20. The Bertz CT molecular complexity index is 848. The van der Waals surface area contributed by atoms with Gasteiger partial charge in [0.1, 0.15) is 5.82 Å². The van der Waals surface area contributed by atoms with Crippen LogP contribution in [0.5, 0.6) is 0 Å². The molecule has 0 radical (unpaired) electrons. The van der Waals surface area contributed by atoms with Crippen molar-refractivity contribution in [1.29, 1.82) is 0 Å². The van der Waals surface area contributed by atoms with Gasteiger partial charge in [-0.2, -0.15) is 0 Å². The molecule has 0 aliphatic carbocycles. The third-order valence-corrected chi connectivity index (χ3v) is 5.04. The zero-order valence-corrected chi connectivity index (χ0v) is 15.3. The normalized spacial score (nSPS) is 11.8. The number of hydrogen-bond acceptors (Lipinski definition) is 2. The van der Waals surface area contributed by atoms with Crippen LogP contribution in [0.25, 0.3) is 0 Å². The Morgan fingerprint density at radius 1 is 0.923 bits per heavy atom. The van der Waals surface area contributed by atoms with E-state index in [4.69, 9.17) is 0 Å². The van der Waals surface area contributed by atoms with E-state index in [0.29, 0.717) is 0 Å². The molecule has 1 atom stereocenters. The van der Waals surface area contributed by atoms with Crippen molar-refractivity contribution in [1.82, 2.24) is 5.32 Å². The second kappa shape index (κ2) is 8.68. The molecule has 2 nitrogen and oxygen atoms in total. The number of rotatable bonds is 6. The van der Waals surface area contributed by atoms with Crippen molar-refractivity contribution >= 4 is 17.7 Å². The van der Waals surface area contributed by atoms with E-state index in [1.165, 1.54) is 29.5 Å². The number of aryl methyl sites for hydroxylation is 1. The number of carbonyl (C=O) groups excluding carboxylic acids is 1. The summed E-state index contributed by atoms with van der Waals surface area (Å²) in [7, 11) is 0. The van der Waals surface area contributed by atoms with Gasteiger partial charge in [0.05, 0.1) is 11.8 Å². The third-order valence-electron chi connectivity index (χ3n) is 4.03. The Labute approximate surface area is 157 Å². The van der Waals surface area contributed by atoms with Gasteiger partial charge in [0, 0.05) is 4.90 Å². The molecule has 1 unspecified atom stereocenters. The van der Waals surface area contributed by atoms with Crippen molar-refractivity contribution in [2.75, 3.05) is 5.75 Å². The molecule has 1 N–H and O–H groups in total. The molecule has 0 heterocycles. The maximum Gasteiger partial charge on any atom is 0.231 e. The van der Waals surface area contributed by atoms with E-state index in [1.54, 1.807) is 12.1 Å². The molecular weight excluding hydrogens is 345 g/mol. The summed E-state index contributed by atoms with van der Waals surface area (Å²) in [4.78, 5) is 13.4. The number of benzene rings is 3. The summed E-state index contributed by atoms with van der Waals surface area (Å²) in [5.41, 5.74) is 3.26. The molecule has 0 fully saturated rings. The topological polar surface area (TPSA) is 29.1 Å². The molecular formula is C22H20FNOS. The summed E-state index contributed by atoms with van der Waals surface area (Å²) in [5.74, 6) is -0.0584. The third kappa shape index (κ3) is 4.96. The highest BCUT2D eigenvalue weighted by Gasteiger charge is 2.16. The van der Waals surface area contributed by atoms with Gasteiger partial charge in [0.15, 0.2) is 0 Å². The first-order valence-electron chi connectivity index (χ1n) is 8.41. The van der Waals surface area contributed by atoms with Crippen molar-refractivity contribution in [2.24, 2.45) is 0 Å². The van der Waals surface area contributed by atoms with Crippen molar-refractivity contribution in [3.8, 4) is 0 Å². The molecule has 0 aliphatic rings. The first-order chi connectivity index (χ1) is 12.6. The van der Waals surface area contributed by atoms with E-state index in [0.717, 1.165) is 16.0 Å². The number of amides is 1. The van der Waals surface area contributed by atoms with E-state index in [1.807, 2.05) is 61.5 Å². The van der Waals surface area contributed by atoms with Gasteiger partial charge < -0.3 is 5.32 Å². The maximum atomic E-state index is 13.0. The van der Waals surface area contributed by atoms with E-state index in [9.17, 15) is 9.18 Å². The first kappa shape index (κ1) is 18.2. The van der Waals surface area contributed by atoms with E-state index < -0.39 is 0 Å². The fraction of sp³-hybridized carbons (Fsp3) is 0.136. The summed E-state index contributed by atoms with van der Waals surface area (Å²) in [5, 5.41) is 3.12. The van der Waals surface area contributed by atoms with E-state index >= 15 is 0 Å². The fourth-order valence-corrected chi connectivity index (χ4v) is 3.36. The monoisotopic (exact) mass is 365 g/mol. The Kier molecular flexibility index (Phi) is 6.08. The standard InChI is InChI=1S/C22H20FNOS/c1-16-7-9-18(10-8-16)22(17-5-3-2-4-6-17)24-21(25)15-26-20-13-11-19(23)12-14-20/h2-14,22H,15H2,1H3,(H,24,25). The Morgan fingerprint density at radius 3 is 2.19 bits per heavy atom. The minimum atomic E-state index is -0.276. The minimum absolute atomic E-state index is 0.0613. The molecule has 0 saturated heterocycles. The largest absolute Gasteiger partial charge is 0.344 e. The number of hydrogen-bond donors (Lipinski definition) is 1. The number of thioether (sulfide) groups is 1. The van der Waals surface area contributed by atoms with Crippen LogP contribution >= 0.6 is 11.8 Å². The number of carbonyl (C=O) groups is 1. The lowest BCUT2D eigenvalue weighted by atomic mass is 9.98. The van der Waals surface area contributed by atoms with Gasteiger partial charge in [0.2, 0.25) is 5.91 Å². The molecule has 0 saturated carbocycles. The second-order valence-corrected chi connectivity index (χ2v) is 7.11. The minimum Gasteiger partial charge on any atom is -0.344 e. The van der Waals surface area contributed by atoms with Crippen LogP contribution in [0.1, 0.15) is 22.7 Å². The zero-order valence-electron chi connectivity index (χ0n) is 14.5. The summed E-state index contributed by atoms with van der Waals surface area (Å²) in [6.07, 6.45) is 0. The van der Waals surface area contributed by atoms with Gasteiger partial charge in [0.25, 0.3) is 0 Å². The molecule has 3 aromatic rings. The summed E-state index contributed by atoms with van der Waals surface area (Å²) in [6.45, 7) is 2.04. The number of halogens is 1. The molecule has 132 valence electrons. The Balaban J connectivity index is 1.71. The fourth-order valence-electron chi connectivity index (χ4n) is 2.65. The highest BCUT2D eigenvalue weighted by molar-refractivity contribution is 8.00. The lowest BCUT2D eigenvalue weighted by Crippen LogP contribution is -2.30. The predicted molar refractivity (Wildman–Crippen MR) is 105 cm³/mol. The Hall–Kier alpha value is -2.59. The van der Waals surface area contributed by atoms with Crippen LogP contribution in [0, 0.1) is 12.7 Å². The van der Waals surface area contributed by atoms with Crippen LogP contribution in [0.3, 0.4) is 0 Å². The molecule has 1 amide bonds. The van der Waals surface area contributed by atoms with Gasteiger partial charge >= 0.3 is 0 Å². The molecule has 0 bridgehead atoms. The summed E-state index contributed by atoms with van der Waals surface area (Å²) >= 11 is 1.39. The highest BCUT2D eigenvalue weighted by atomic mass is 32.2. The SMILES string of the molecule is Cc1ccc(C(NC(=O)CSc2ccc(F)cc2)c2ccccc2)cc1. The van der Waals surface area contributed by atoms with Gasteiger partial charge in [-0.3, -0.25) is 4.79 Å². The maximum absolute atomic E-state index is 13.0. The summed E-state index contributed by atoms with van der Waals surface area (Å²) < 4.78 is 13.0. The zero-order chi connectivity index (χ0) is 18.4. The molecule has 26 heavy (non-hydrogen) atoms. The molecule has 3 aromatic carbocycles. The molecule has 0 spiro atoms. The highest BCUT2D eigenvalue weighted by Crippen LogP contribution is 2.23. The summed E-state index contributed by atoms with van der Waals surface area (Å²) in [6, 6.07) is 24.1. The first-order valence-corrected chi connectivity index (χ1v) is 9.39. The van der Waals surface area contributed by atoms with Gasteiger partial charge in [-0.15, -0.1) is 11.8 Å². The van der Waals surface area contributed by atoms with Gasteiger partial charge in [-0.05, 0) is 42.3 Å². The molecule has 4 heteroatoms. The van der Waals surface area contributed by atoms with Crippen LogP contribution in [-0.2, 0) is 4.79 Å². The quantitative estimate of drug-likeness (QED) is 0.614. The second-order valence-electron chi connectivity index (χ2n) is 6.06. The van der Waals surface area contributed by atoms with Crippen LogP contribution < -0.4 is 5.32 Å².